The minimum Gasteiger partial charge on any atom is -0.338 e. The van der Waals surface area contributed by atoms with Gasteiger partial charge in [-0.3, -0.25) is 9.69 Å². The second kappa shape index (κ2) is 7.46. The van der Waals surface area contributed by atoms with Crippen molar-refractivity contribution in [3.8, 4) is 10.7 Å². The van der Waals surface area contributed by atoms with Crippen LogP contribution < -0.4 is 0 Å². The molecule has 4 heterocycles. The molecule has 1 saturated heterocycles. The summed E-state index contributed by atoms with van der Waals surface area (Å²) in [5, 5.41) is 9.09. The van der Waals surface area contributed by atoms with Crippen LogP contribution >= 0.6 is 22.7 Å². The molecule has 4 aromatic rings. The number of carbonyl (C=O) groups is 1. The number of piperazine rings is 1. The van der Waals surface area contributed by atoms with E-state index in [0.717, 1.165) is 33.6 Å². The van der Waals surface area contributed by atoms with Gasteiger partial charge in [-0.15, -0.1) is 22.7 Å². The van der Waals surface area contributed by atoms with Gasteiger partial charge in [-0.05, 0) is 17.5 Å². The Morgan fingerprint density at radius 3 is 2.75 bits per heavy atom. The minimum absolute atomic E-state index is 0.120. The van der Waals surface area contributed by atoms with Crippen LogP contribution in [0.15, 0.2) is 51.7 Å². The van der Waals surface area contributed by atoms with Gasteiger partial charge in [-0.2, -0.15) is 4.98 Å². The number of hydrogen-bond donors (Lipinski definition) is 0. The van der Waals surface area contributed by atoms with Gasteiger partial charge in [0.05, 0.1) is 17.0 Å². The fourth-order valence-electron chi connectivity index (χ4n) is 3.44. The van der Waals surface area contributed by atoms with Crippen molar-refractivity contribution in [1.29, 1.82) is 0 Å². The molecule has 142 valence electrons. The number of carbonyl (C=O) groups excluding carboxylic acids is 1. The van der Waals surface area contributed by atoms with Gasteiger partial charge in [0.25, 0.3) is 5.91 Å². The number of aromatic nitrogens is 2. The summed E-state index contributed by atoms with van der Waals surface area (Å²) in [7, 11) is 0. The van der Waals surface area contributed by atoms with Crippen LogP contribution in [0.4, 0.5) is 0 Å². The van der Waals surface area contributed by atoms with Gasteiger partial charge < -0.3 is 9.42 Å². The Morgan fingerprint density at radius 2 is 1.93 bits per heavy atom. The van der Waals surface area contributed by atoms with Crippen molar-refractivity contribution in [2.45, 2.75) is 6.54 Å². The van der Waals surface area contributed by atoms with Crippen molar-refractivity contribution in [3.63, 3.8) is 0 Å². The monoisotopic (exact) mass is 410 g/mol. The molecule has 0 atom stereocenters. The van der Waals surface area contributed by atoms with Gasteiger partial charge in [0.2, 0.25) is 11.7 Å². The highest BCUT2D eigenvalue weighted by Crippen LogP contribution is 2.27. The zero-order chi connectivity index (χ0) is 18.9. The Kier molecular flexibility index (Phi) is 4.67. The summed E-state index contributed by atoms with van der Waals surface area (Å²) in [5.74, 6) is 1.38. The summed E-state index contributed by atoms with van der Waals surface area (Å²) in [4.78, 5) is 22.6. The lowest BCUT2D eigenvalue weighted by Gasteiger charge is -2.33. The summed E-state index contributed by atoms with van der Waals surface area (Å²) in [6, 6.07) is 12.0. The van der Waals surface area contributed by atoms with Crippen LogP contribution in [0.1, 0.15) is 16.2 Å². The molecule has 5 rings (SSSR count). The number of thiophene rings is 2. The standard InChI is InChI=1S/C20H18N4O2S2/c25-20(15-13-28-16-5-2-1-4-14(15)16)24-9-7-23(8-10-24)12-18-21-19(22-26-18)17-6-3-11-27-17/h1-6,11,13H,7-10,12H2. The third kappa shape index (κ3) is 3.34. The predicted octanol–water partition coefficient (Wildman–Crippen LogP) is 3.97. The number of fused-ring (bicyclic) bond motifs is 1. The van der Waals surface area contributed by atoms with E-state index in [9.17, 15) is 4.79 Å². The van der Waals surface area contributed by atoms with Crippen LogP contribution in [0.25, 0.3) is 20.8 Å². The van der Waals surface area contributed by atoms with Gasteiger partial charge in [-0.25, -0.2) is 0 Å². The number of benzene rings is 1. The smallest absolute Gasteiger partial charge is 0.255 e. The highest BCUT2D eigenvalue weighted by Gasteiger charge is 2.25. The normalized spacial score (nSPS) is 15.4. The first-order chi connectivity index (χ1) is 13.8. The summed E-state index contributed by atoms with van der Waals surface area (Å²) >= 11 is 3.22. The molecule has 0 bridgehead atoms. The molecule has 28 heavy (non-hydrogen) atoms. The largest absolute Gasteiger partial charge is 0.338 e. The van der Waals surface area contributed by atoms with Crippen LogP contribution in [-0.2, 0) is 6.54 Å². The van der Waals surface area contributed by atoms with Crippen LogP contribution in [-0.4, -0.2) is 52.0 Å². The molecule has 1 aromatic carbocycles. The molecule has 8 heteroatoms. The number of nitrogens with zero attached hydrogens (tertiary/aromatic N) is 4. The summed E-state index contributed by atoms with van der Waals surface area (Å²) in [6.07, 6.45) is 0. The Hall–Kier alpha value is -2.55. The molecule has 0 unspecified atom stereocenters. The Balaban J connectivity index is 1.21. The van der Waals surface area contributed by atoms with E-state index in [1.165, 1.54) is 0 Å². The van der Waals surface area contributed by atoms with Crippen molar-refractivity contribution in [2.24, 2.45) is 0 Å². The lowest BCUT2D eigenvalue weighted by molar-refractivity contribution is 0.0617. The lowest BCUT2D eigenvalue weighted by Crippen LogP contribution is -2.48. The van der Waals surface area contributed by atoms with Gasteiger partial charge in [0.15, 0.2) is 0 Å². The Labute approximate surface area is 170 Å². The fraction of sp³-hybridized carbons (Fsp3) is 0.250. The first kappa shape index (κ1) is 17.5. The molecule has 1 aliphatic heterocycles. The summed E-state index contributed by atoms with van der Waals surface area (Å²) < 4.78 is 6.55. The van der Waals surface area contributed by atoms with Crippen molar-refractivity contribution >= 4 is 38.7 Å². The first-order valence-corrected chi connectivity index (χ1v) is 10.9. The van der Waals surface area contributed by atoms with Crippen molar-refractivity contribution < 1.29 is 9.32 Å². The molecule has 0 radical (unpaired) electrons. The maximum absolute atomic E-state index is 12.9. The quantitative estimate of drug-likeness (QED) is 0.509. The highest BCUT2D eigenvalue weighted by atomic mass is 32.1. The van der Waals surface area contributed by atoms with Gasteiger partial charge >= 0.3 is 0 Å². The second-order valence-electron chi connectivity index (χ2n) is 6.70. The second-order valence-corrected chi connectivity index (χ2v) is 8.56. The van der Waals surface area contributed by atoms with E-state index in [2.05, 4.69) is 21.1 Å². The molecule has 3 aromatic heterocycles. The zero-order valence-corrected chi connectivity index (χ0v) is 16.7. The molecule has 1 aliphatic rings. The first-order valence-electron chi connectivity index (χ1n) is 9.12. The van der Waals surface area contributed by atoms with E-state index < -0.39 is 0 Å². The van der Waals surface area contributed by atoms with Gasteiger partial charge in [0.1, 0.15) is 0 Å². The zero-order valence-electron chi connectivity index (χ0n) is 15.1. The van der Waals surface area contributed by atoms with Gasteiger partial charge in [-0.1, -0.05) is 29.4 Å². The maximum Gasteiger partial charge on any atom is 0.255 e. The fourth-order valence-corrected chi connectivity index (χ4v) is 5.02. The molecule has 0 aliphatic carbocycles. The molecule has 0 spiro atoms. The molecule has 6 nitrogen and oxygen atoms in total. The average Bonchev–Trinajstić information content (AvgIpc) is 3.48. The molecular weight excluding hydrogens is 392 g/mol. The number of hydrogen-bond acceptors (Lipinski definition) is 7. The van der Waals surface area contributed by atoms with Gasteiger partial charge in [0, 0.05) is 41.6 Å². The molecule has 1 amide bonds. The average molecular weight is 411 g/mol. The van der Waals surface area contributed by atoms with Crippen molar-refractivity contribution in [1.82, 2.24) is 19.9 Å². The van der Waals surface area contributed by atoms with E-state index in [1.807, 2.05) is 46.0 Å². The topological polar surface area (TPSA) is 62.5 Å². The Morgan fingerprint density at radius 1 is 1.07 bits per heavy atom. The highest BCUT2D eigenvalue weighted by molar-refractivity contribution is 7.17. The number of rotatable bonds is 4. The van der Waals surface area contributed by atoms with Crippen molar-refractivity contribution in [2.75, 3.05) is 26.2 Å². The molecular formula is C20H18N4O2S2. The van der Waals surface area contributed by atoms with E-state index in [4.69, 9.17) is 4.52 Å². The van der Waals surface area contributed by atoms with Crippen LogP contribution in [0, 0.1) is 0 Å². The van der Waals surface area contributed by atoms with E-state index in [1.54, 1.807) is 22.7 Å². The maximum atomic E-state index is 12.9. The third-order valence-corrected chi connectivity index (χ3v) is 6.77. The predicted molar refractivity (Wildman–Crippen MR) is 111 cm³/mol. The van der Waals surface area contributed by atoms with E-state index in [0.29, 0.717) is 31.3 Å². The molecule has 0 saturated carbocycles. The summed E-state index contributed by atoms with van der Waals surface area (Å²) in [5.41, 5.74) is 0.812. The summed E-state index contributed by atoms with van der Waals surface area (Å²) in [6.45, 7) is 3.61. The van der Waals surface area contributed by atoms with E-state index >= 15 is 0 Å². The third-order valence-electron chi connectivity index (χ3n) is 4.94. The SMILES string of the molecule is O=C(c1csc2ccccc12)N1CCN(Cc2nc(-c3cccs3)no2)CC1. The number of amides is 1. The van der Waals surface area contributed by atoms with E-state index in [-0.39, 0.29) is 5.91 Å². The van der Waals surface area contributed by atoms with Crippen LogP contribution in [0.3, 0.4) is 0 Å². The lowest BCUT2D eigenvalue weighted by atomic mass is 10.1. The van der Waals surface area contributed by atoms with Crippen molar-refractivity contribution in [3.05, 3.63) is 58.6 Å². The molecule has 0 N–H and O–H groups in total. The van der Waals surface area contributed by atoms with Crippen LogP contribution in [0.2, 0.25) is 0 Å². The van der Waals surface area contributed by atoms with Crippen LogP contribution in [0.5, 0.6) is 0 Å². The Bertz CT molecular complexity index is 1090. The molecule has 1 fully saturated rings. The minimum atomic E-state index is 0.120.